The van der Waals surface area contributed by atoms with E-state index in [1.807, 2.05) is 0 Å². The maximum atomic E-state index is 11.9. The number of anilines is 1. The Morgan fingerprint density at radius 3 is 2.83 bits per heavy atom. The first-order valence-corrected chi connectivity index (χ1v) is 6.78. The van der Waals surface area contributed by atoms with Crippen LogP contribution in [-0.4, -0.2) is 26.1 Å². The molecule has 0 atom stereocenters. The number of hydrogen-bond donors (Lipinski definition) is 1. The van der Waals surface area contributed by atoms with Gasteiger partial charge in [0.2, 0.25) is 5.91 Å². The Labute approximate surface area is 131 Å². The Morgan fingerprint density at radius 2 is 2.17 bits per heavy atom. The molecule has 3 rings (SSSR count). The number of carbonyl (C=O) groups is 1. The van der Waals surface area contributed by atoms with Crippen molar-refractivity contribution in [2.24, 2.45) is 0 Å². The average Bonchev–Trinajstić information content (AvgIpc) is 3.16. The molecular formula is C15H12N6O2. The SMILES string of the molecule is Cc1cc(NC(=O)Cn2cc(-c3ccc(C#N)cc3)nn2)no1. The maximum absolute atomic E-state index is 11.9. The molecule has 1 aromatic carbocycles. The first-order valence-electron chi connectivity index (χ1n) is 6.78. The highest BCUT2D eigenvalue weighted by Crippen LogP contribution is 2.16. The molecule has 23 heavy (non-hydrogen) atoms. The van der Waals surface area contributed by atoms with E-state index in [1.165, 1.54) is 4.68 Å². The van der Waals surface area contributed by atoms with Gasteiger partial charge in [0.25, 0.3) is 0 Å². The van der Waals surface area contributed by atoms with Crippen LogP contribution >= 0.6 is 0 Å². The summed E-state index contributed by atoms with van der Waals surface area (Å²) in [5.41, 5.74) is 2.02. The lowest BCUT2D eigenvalue weighted by atomic mass is 10.1. The van der Waals surface area contributed by atoms with Crippen molar-refractivity contribution in [2.45, 2.75) is 13.5 Å². The fraction of sp³-hybridized carbons (Fsp3) is 0.133. The van der Waals surface area contributed by atoms with Crippen molar-refractivity contribution in [1.29, 1.82) is 5.26 Å². The molecule has 0 bridgehead atoms. The number of rotatable bonds is 4. The van der Waals surface area contributed by atoms with Crippen LogP contribution in [-0.2, 0) is 11.3 Å². The molecule has 1 N–H and O–H groups in total. The number of carbonyl (C=O) groups excluding carboxylic acids is 1. The maximum Gasteiger partial charge on any atom is 0.247 e. The molecule has 0 fully saturated rings. The van der Waals surface area contributed by atoms with E-state index < -0.39 is 0 Å². The minimum Gasteiger partial charge on any atom is -0.360 e. The van der Waals surface area contributed by atoms with Gasteiger partial charge in [-0.3, -0.25) is 4.79 Å². The lowest BCUT2D eigenvalue weighted by molar-refractivity contribution is -0.117. The van der Waals surface area contributed by atoms with Crippen LogP contribution in [0.3, 0.4) is 0 Å². The number of aryl methyl sites for hydroxylation is 1. The zero-order chi connectivity index (χ0) is 16.2. The van der Waals surface area contributed by atoms with Gasteiger partial charge in [-0.2, -0.15) is 5.26 Å². The second-order valence-electron chi connectivity index (χ2n) is 4.86. The van der Waals surface area contributed by atoms with Gasteiger partial charge >= 0.3 is 0 Å². The van der Waals surface area contributed by atoms with Gasteiger partial charge in [0.05, 0.1) is 17.8 Å². The first kappa shape index (κ1) is 14.5. The monoisotopic (exact) mass is 308 g/mol. The van der Waals surface area contributed by atoms with Crippen LogP contribution in [0.15, 0.2) is 41.1 Å². The number of benzene rings is 1. The molecular weight excluding hydrogens is 296 g/mol. The van der Waals surface area contributed by atoms with Crippen molar-refractivity contribution in [3.05, 3.63) is 47.9 Å². The normalized spacial score (nSPS) is 10.3. The lowest BCUT2D eigenvalue weighted by Gasteiger charge is -2.00. The summed E-state index contributed by atoms with van der Waals surface area (Å²) in [6.07, 6.45) is 1.66. The summed E-state index contributed by atoms with van der Waals surface area (Å²) in [5.74, 6) is 0.693. The van der Waals surface area contributed by atoms with E-state index in [0.717, 1.165) is 5.56 Å². The van der Waals surface area contributed by atoms with Gasteiger partial charge in [-0.15, -0.1) is 5.10 Å². The van der Waals surface area contributed by atoms with E-state index in [1.54, 1.807) is 43.5 Å². The largest absolute Gasteiger partial charge is 0.360 e. The Bertz CT molecular complexity index is 872. The minimum absolute atomic E-state index is 0.00911. The summed E-state index contributed by atoms with van der Waals surface area (Å²) in [6.45, 7) is 1.75. The van der Waals surface area contributed by atoms with Gasteiger partial charge < -0.3 is 9.84 Å². The van der Waals surface area contributed by atoms with Crippen LogP contribution in [0.1, 0.15) is 11.3 Å². The summed E-state index contributed by atoms with van der Waals surface area (Å²) in [5, 5.41) is 23.0. The zero-order valence-electron chi connectivity index (χ0n) is 12.2. The third-order valence-electron chi connectivity index (χ3n) is 3.05. The molecule has 0 aliphatic rings. The molecule has 0 spiro atoms. The number of nitrogens with zero attached hydrogens (tertiary/aromatic N) is 5. The third-order valence-corrected chi connectivity index (χ3v) is 3.05. The quantitative estimate of drug-likeness (QED) is 0.786. The molecule has 0 aliphatic heterocycles. The molecule has 0 aliphatic carbocycles. The van der Waals surface area contributed by atoms with Gasteiger partial charge in [0, 0.05) is 11.6 Å². The molecule has 8 heteroatoms. The van der Waals surface area contributed by atoms with Gasteiger partial charge in [0.1, 0.15) is 18.0 Å². The molecule has 2 aromatic heterocycles. The zero-order valence-corrected chi connectivity index (χ0v) is 12.2. The van der Waals surface area contributed by atoms with E-state index in [4.69, 9.17) is 9.78 Å². The molecule has 2 heterocycles. The van der Waals surface area contributed by atoms with E-state index >= 15 is 0 Å². The molecule has 8 nitrogen and oxygen atoms in total. The number of amides is 1. The topological polar surface area (TPSA) is 110 Å². The number of nitrogens with one attached hydrogen (secondary N) is 1. The Hall–Kier alpha value is -3.47. The summed E-state index contributed by atoms with van der Waals surface area (Å²) in [6, 6.07) is 10.7. The minimum atomic E-state index is -0.283. The van der Waals surface area contributed by atoms with Crippen molar-refractivity contribution < 1.29 is 9.32 Å². The van der Waals surface area contributed by atoms with Gasteiger partial charge in [-0.25, -0.2) is 4.68 Å². The van der Waals surface area contributed by atoms with E-state index in [2.05, 4.69) is 26.9 Å². The van der Waals surface area contributed by atoms with E-state index in [9.17, 15) is 4.79 Å². The van der Waals surface area contributed by atoms with Crippen molar-refractivity contribution in [3.8, 4) is 17.3 Å². The summed E-state index contributed by atoms with van der Waals surface area (Å²) in [4.78, 5) is 11.9. The van der Waals surface area contributed by atoms with Crippen LogP contribution in [0.4, 0.5) is 5.82 Å². The molecule has 0 unspecified atom stereocenters. The number of nitriles is 1. The number of aromatic nitrogens is 4. The van der Waals surface area contributed by atoms with Gasteiger partial charge in [-0.05, 0) is 19.1 Å². The van der Waals surface area contributed by atoms with E-state index in [0.29, 0.717) is 22.8 Å². The molecule has 114 valence electrons. The fourth-order valence-electron chi connectivity index (χ4n) is 1.98. The van der Waals surface area contributed by atoms with Gasteiger partial charge in [0.15, 0.2) is 5.82 Å². The van der Waals surface area contributed by atoms with Crippen LogP contribution in [0, 0.1) is 18.3 Å². The Kier molecular flexibility index (Phi) is 3.84. The Morgan fingerprint density at radius 1 is 1.39 bits per heavy atom. The van der Waals surface area contributed by atoms with Crippen molar-refractivity contribution >= 4 is 11.7 Å². The predicted octanol–water partition coefficient (Wildman–Crippen LogP) is 1.75. The van der Waals surface area contributed by atoms with Crippen LogP contribution < -0.4 is 5.32 Å². The van der Waals surface area contributed by atoms with Crippen molar-refractivity contribution in [3.63, 3.8) is 0 Å². The van der Waals surface area contributed by atoms with Crippen LogP contribution in [0.25, 0.3) is 11.3 Å². The molecule has 3 aromatic rings. The number of hydrogen-bond acceptors (Lipinski definition) is 6. The van der Waals surface area contributed by atoms with Crippen molar-refractivity contribution in [1.82, 2.24) is 20.2 Å². The second kappa shape index (κ2) is 6.11. The first-order chi connectivity index (χ1) is 11.1. The third kappa shape index (κ3) is 3.41. The van der Waals surface area contributed by atoms with Crippen molar-refractivity contribution in [2.75, 3.05) is 5.32 Å². The molecule has 0 saturated carbocycles. The second-order valence-corrected chi connectivity index (χ2v) is 4.86. The summed E-state index contributed by atoms with van der Waals surface area (Å²) in [7, 11) is 0. The average molecular weight is 308 g/mol. The highest BCUT2D eigenvalue weighted by Gasteiger charge is 2.10. The molecule has 0 radical (unpaired) electrons. The van der Waals surface area contributed by atoms with Gasteiger partial charge in [-0.1, -0.05) is 22.5 Å². The summed E-state index contributed by atoms with van der Waals surface area (Å²) >= 11 is 0. The molecule has 0 saturated heterocycles. The highest BCUT2D eigenvalue weighted by molar-refractivity contribution is 5.89. The standard InChI is InChI=1S/C15H12N6O2/c1-10-6-14(19-23-10)17-15(22)9-21-8-13(18-20-21)12-4-2-11(7-16)3-5-12/h2-6,8H,9H2,1H3,(H,17,19,22). The molecule has 1 amide bonds. The lowest BCUT2D eigenvalue weighted by Crippen LogP contribution is -2.19. The predicted molar refractivity (Wildman–Crippen MR) is 80.0 cm³/mol. The fourth-order valence-corrected chi connectivity index (χ4v) is 1.98. The summed E-state index contributed by atoms with van der Waals surface area (Å²) < 4.78 is 6.30. The van der Waals surface area contributed by atoms with Crippen LogP contribution in [0.5, 0.6) is 0 Å². The van der Waals surface area contributed by atoms with E-state index in [-0.39, 0.29) is 12.5 Å². The highest BCUT2D eigenvalue weighted by atomic mass is 16.5. The smallest absolute Gasteiger partial charge is 0.247 e. The Balaban J connectivity index is 1.66. The van der Waals surface area contributed by atoms with Crippen LogP contribution in [0.2, 0.25) is 0 Å².